The zero-order valence-electron chi connectivity index (χ0n) is 10.9. The van der Waals surface area contributed by atoms with Gasteiger partial charge in [-0.1, -0.05) is 0 Å². The lowest BCUT2D eigenvalue weighted by molar-refractivity contribution is -0.123. The van der Waals surface area contributed by atoms with Crippen molar-refractivity contribution in [2.75, 3.05) is 53.7 Å². The molecule has 0 bridgehead atoms. The Balaban J connectivity index is 3.93. The van der Waals surface area contributed by atoms with Crippen molar-refractivity contribution >= 4 is 5.91 Å². The summed E-state index contributed by atoms with van der Waals surface area (Å²) < 4.78 is 9.88. The molecule has 0 aromatic rings. The Hall–Kier alpha value is -0.690. The molecule has 0 rings (SSSR count). The highest BCUT2D eigenvalue weighted by atomic mass is 16.5. The largest absolute Gasteiger partial charge is 0.395 e. The maximum absolute atomic E-state index is 11.6. The van der Waals surface area contributed by atoms with Crippen molar-refractivity contribution in [1.29, 1.82) is 0 Å². The third-order valence-corrected chi connectivity index (χ3v) is 2.22. The van der Waals surface area contributed by atoms with Crippen molar-refractivity contribution in [3.63, 3.8) is 0 Å². The molecule has 0 aliphatic rings. The summed E-state index contributed by atoms with van der Waals surface area (Å²) in [7, 11) is 3.21. The first-order valence-corrected chi connectivity index (χ1v) is 5.74. The number of carbonyl (C=O) groups is 1. The molecule has 6 nitrogen and oxygen atoms in total. The second kappa shape index (κ2) is 10.5. The maximum atomic E-state index is 11.6. The zero-order valence-corrected chi connectivity index (χ0v) is 10.9. The average molecular weight is 248 g/mol. The molecule has 0 fully saturated rings. The van der Waals surface area contributed by atoms with Crippen molar-refractivity contribution in [2.45, 2.75) is 13.0 Å². The molecule has 0 aliphatic heterocycles. The molecule has 0 spiro atoms. The quantitative estimate of drug-likeness (QED) is 0.523. The van der Waals surface area contributed by atoms with Gasteiger partial charge in [0, 0.05) is 33.4 Å². The summed E-state index contributed by atoms with van der Waals surface area (Å²) >= 11 is 0. The van der Waals surface area contributed by atoms with E-state index < -0.39 is 0 Å². The highest BCUT2D eigenvalue weighted by Gasteiger charge is 2.12. The molecule has 17 heavy (non-hydrogen) atoms. The normalized spacial score (nSPS) is 12.8. The number of rotatable bonds is 10. The van der Waals surface area contributed by atoms with Gasteiger partial charge in [0.05, 0.1) is 26.4 Å². The lowest BCUT2D eigenvalue weighted by atomic mass is 10.3. The first-order chi connectivity index (χ1) is 8.13. The summed E-state index contributed by atoms with van der Waals surface area (Å²) in [6.07, 6.45) is 0. The van der Waals surface area contributed by atoms with Gasteiger partial charge in [0.25, 0.3) is 0 Å². The predicted molar refractivity (Wildman–Crippen MR) is 64.9 cm³/mol. The molecule has 1 unspecified atom stereocenters. The summed E-state index contributed by atoms with van der Waals surface area (Å²) in [5, 5.41) is 11.7. The maximum Gasteiger partial charge on any atom is 0.234 e. The predicted octanol–water partition coefficient (Wildman–Crippen LogP) is -0.922. The van der Waals surface area contributed by atoms with E-state index in [0.717, 1.165) is 0 Å². The lowest BCUT2D eigenvalue weighted by Gasteiger charge is -2.21. The topological polar surface area (TPSA) is 71.0 Å². The van der Waals surface area contributed by atoms with E-state index in [1.165, 1.54) is 0 Å². The van der Waals surface area contributed by atoms with Crippen molar-refractivity contribution in [3.8, 4) is 0 Å². The SMILES string of the molecule is COCCN(CCO)CC(=O)NC(C)COC. The van der Waals surface area contributed by atoms with Crippen LogP contribution in [0.25, 0.3) is 0 Å². The number of hydrogen-bond donors (Lipinski definition) is 2. The van der Waals surface area contributed by atoms with Gasteiger partial charge in [-0.05, 0) is 6.92 Å². The third kappa shape index (κ3) is 9.05. The molecule has 0 heterocycles. The highest BCUT2D eigenvalue weighted by molar-refractivity contribution is 5.78. The molecule has 0 aliphatic carbocycles. The Kier molecular flexibility index (Phi) is 10.0. The van der Waals surface area contributed by atoms with Crippen LogP contribution in [-0.4, -0.2) is 75.6 Å². The summed E-state index contributed by atoms with van der Waals surface area (Å²) in [5.74, 6) is -0.0703. The van der Waals surface area contributed by atoms with Crippen LogP contribution in [0.3, 0.4) is 0 Å². The number of ether oxygens (including phenoxy) is 2. The van der Waals surface area contributed by atoms with Gasteiger partial charge in [0.2, 0.25) is 5.91 Å². The summed E-state index contributed by atoms with van der Waals surface area (Å²) in [5.41, 5.74) is 0. The van der Waals surface area contributed by atoms with Crippen LogP contribution in [0.15, 0.2) is 0 Å². The Morgan fingerprint density at radius 1 is 1.35 bits per heavy atom. The highest BCUT2D eigenvalue weighted by Crippen LogP contribution is 1.90. The standard InChI is InChI=1S/C11H24N2O4/c1-10(9-17-3)12-11(15)8-13(4-6-14)5-7-16-2/h10,14H,4-9H2,1-3H3,(H,12,15). The summed E-state index contributed by atoms with van der Waals surface area (Å²) in [6.45, 7) is 4.30. The van der Waals surface area contributed by atoms with Crippen LogP contribution in [0.2, 0.25) is 0 Å². The number of amides is 1. The van der Waals surface area contributed by atoms with E-state index in [-0.39, 0.29) is 25.1 Å². The first kappa shape index (κ1) is 16.3. The third-order valence-electron chi connectivity index (χ3n) is 2.22. The lowest BCUT2D eigenvalue weighted by Crippen LogP contribution is -2.44. The Morgan fingerprint density at radius 2 is 2.06 bits per heavy atom. The fraction of sp³-hybridized carbons (Fsp3) is 0.909. The number of nitrogens with one attached hydrogen (secondary N) is 1. The smallest absolute Gasteiger partial charge is 0.234 e. The van der Waals surface area contributed by atoms with Crippen LogP contribution in [0, 0.1) is 0 Å². The van der Waals surface area contributed by atoms with Crippen molar-refractivity contribution in [1.82, 2.24) is 10.2 Å². The van der Waals surface area contributed by atoms with E-state index in [0.29, 0.717) is 26.3 Å². The molecule has 102 valence electrons. The molecule has 0 aromatic carbocycles. The van der Waals surface area contributed by atoms with E-state index in [4.69, 9.17) is 14.6 Å². The van der Waals surface area contributed by atoms with E-state index >= 15 is 0 Å². The van der Waals surface area contributed by atoms with E-state index in [9.17, 15) is 4.79 Å². The number of aliphatic hydroxyl groups is 1. The minimum Gasteiger partial charge on any atom is -0.395 e. The molecule has 0 radical (unpaired) electrons. The van der Waals surface area contributed by atoms with E-state index in [1.54, 1.807) is 14.2 Å². The molecule has 0 saturated carbocycles. The van der Waals surface area contributed by atoms with Crippen LogP contribution in [0.5, 0.6) is 0 Å². The van der Waals surface area contributed by atoms with Gasteiger partial charge in [0.1, 0.15) is 0 Å². The van der Waals surface area contributed by atoms with Crippen LogP contribution < -0.4 is 5.32 Å². The van der Waals surface area contributed by atoms with Gasteiger partial charge in [-0.2, -0.15) is 0 Å². The molecule has 2 N–H and O–H groups in total. The number of aliphatic hydroxyl groups excluding tert-OH is 1. The Labute approximate surface area is 103 Å². The number of nitrogens with zero attached hydrogens (tertiary/aromatic N) is 1. The number of methoxy groups -OCH3 is 2. The average Bonchev–Trinajstić information content (AvgIpc) is 2.26. The van der Waals surface area contributed by atoms with Crippen LogP contribution >= 0.6 is 0 Å². The van der Waals surface area contributed by atoms with Gasteiger partial charge >= 0.3 is 0 Å². The van der Waals surface area contributed by atoms with Gasteiger partial charge in [-0.25, -0.2) is 0 Å². The first-order valence-electron chi connectivity index (χ1n) is 5.74. The molecule has 6 heteroatoms. The van der Waals surface area contributed by atoms with Crippen LogP contribution in [-0.2, 0) is 14.3 Å². The molecular formula is C11H24N2O4. The Bertz CT molecular complexity index is 202. The Morgan fingerprint density at radius 3 is 2.59 bits per heavy atom. The fourth-order valence-electron chi connectivity index (χ4n) is 1.45. The van der Waals surface area contributed by atoms with Crippen molar-refractivity contribution < 1.29 is 19.4 Å². The summed E-state index contributed by atoms with van der Waals surface area (Å²) in [4.78, 5) is 13.5. The molecule has 1 amide bonds. The zero-order chi connectivity index (χ0) is 13.1. The van der Waals surface area contributed by atoms with E-state index in [2.05, 4.69) is 5.32 Å². The molecular weight excluding hydrogens is 224 g/mol. The van der Waals surface area contributed by atoms with Gasteiger partial charge in [-0.3, -0.25) is 9.69 Å². The monoisotopic (exact) mass is 248 g/mol. The van der Waals surface area contributed by atoms with Crippen LogP contribution in [0.1, 0.15) is 6.92 Å². The van der Waals surface area contributed by atoms with Gasteiger partial charge < -0.3 is 19.9 Å². The van der Waals surface area contributed by atoms with Crippen molar-refractivity contribution in [3.05, 3.63) is 0 Å². The second-order valence-electron chi connectivity index (χ2n) is 3.92. The number of carbonyl (C=O) groups excluding carboxylic acids is 1. The fourth-order valence-corrected chi connectivity index (χ4v) is 1.45. The van der Waals surface area contributed by atoms with E-state index in [1.807, 2.05) is 11.8 Å². The van der Waals surface area contributed by atoms with Gasteiger partial charge in [0.15, 0.2) is 0 Å². The summed E-state index contributed by atoms with van der Waals surface area (Å²) in [6, 6.07) is -0.00842. The molecule has 0 aromatic heterocycles. The van der Waals surface area contributed by atoms with Gasteiger partial charge in [-0.15, -0.1) is 0 Å². The van der Waals surface area contributed by atoms with Crippen molar-refractivity contribution in [2.24, 2.45) is 0 Å². The number of hydrogen-bond acceptors (Lipinski definition) is 5. The minimum absolute atomic E-state index is 0.00842. The molecule has 1 atom stereocenters. The second-order valence-corrected chi connectivity index (χ2v) is 3.92. The minimum atomic E-state index is -0.0703. The van der Waals surface area contributed by atoms with Crippen LogP contribution in [0.4, 0.5) is 0 Å². The molecule has 0 saturated heterocycles.